The van der Waals surface area contributed by atoms with Crippen molar-refractivity contribution in [2.24, 2.45) is 0 Å². The Morgan fingerprint density at radius 3 is 1.45 bits per heavy atom. The zero-order valence-corrected chi connectivity index (χ0v) is 22.7. The first kappa shape index (κ1) is 23.7. The molecule has 0 bridgehead atoms. The van der Waals surface area contributed by atoms with Crippen LogP contribution in [0.15, 0.2) is 71.2 Å². The molecule has 0 N–H and O–H groups in total. The standard InChI is InChI=1S/C31H30BrP/c1-19-12-21(3)29(22(4)13-19)27-16-26(32)17-28(30-23(5)14-20(2)15-24(30)6)31(27)33-18-25-10-8-7-9-11-25/h7-18H,1-6H3. The van der Waals surface area contributed by atoms with E-state index in [1.165, 1.54) is 74.7 Å². The quantitative estimate of drug-likeness (QED) is 0.239. The van der Waals surface area contributed by atoms with Crippen molar-refractivity contribution in [2.75, 3.05) is 0 Å². The van der Waals surface area contributed by atoms with Crippen molar-refractivity contribution < 1.29 is 0 Å². The van der Waals surface area contributed by atoms with Crippen LogP contribution in [0.5, 0.6) is 0 Å². The second kappa shape index (κ2) is 9.80. The Hall–Kier alpha value is -2.47. The SMILES string of the molecule is Cc1cc(C)c(-c2cc(Br)cc(-c3c(C)cc(C)cc3C)c2P=Cc2ccccc2)c(C)c1. The van der Waals surface area contributed by atoms with Crippen LogP contribution in [0.2, 0.25) is 0 Å². The Morgan fingerprint density at radius 2 is 1.03 bits per heavy atom. The van der Waals surface area contributed by atoms with Crippen LogP contribution in [0.1, 0.15) is 38.9 Å². The third-order valence-corrected chi connectivity index (χ3v) is 7.73. The van der Waals surface area contributed by atoms with Crippen LogP contribution in [0.25, 0.3) is 22.3 Å². The predicted molar refractivity (Wildman–Crippen MR) is 152 cm³/mol. The average Bonchev–Trinajstić information content (AvgIpc) is 2.72. The first-order chi connectivity index (χ1) is 15.7. The minimum atomic E-state index is 1.12. The summed E-state index contributed by atoms with van der Waals surface area (Å²) < 4.78 is 1.12. The molecule has 33 heavy (non-hydrogen) atoms. The molecule has 0 amide bonds. The van der Waals surface area contributed by atoms with Gasteiger partial charge >= 0.3 is 0 Å². The smallest absolute Gasteiger partial charge is 0.0188 e. The fourth-order valence-electron chi connectivity index (χ4n) is 5.01. The van der Waals surface area contributed by atoms with Gasteiger partial charge in [0.15, 0.2) is 0 Å². The molecule has 0 spiro atoms. The van der Waals surface area contributed by atoms with Gasteiger partial charge < -0.3 is 0 Å². The summed E-state index contributed by atoms with van der Waals surface area (Å²) in [5, 5.41) is 1.35. The molecule has 166 valence electrons. The van der Waals surface area contributed by atoms with E-state index < -0.39 is 0 Å². The van der Waals surface area contributed by atoms with E-state index in [1.54, 1.807) is 0 Å². The Balaban J connectivity index is 2.07. The van der Waals surface area contributed by atoms with E-state index >= 15 is 0 Å². The van der Waals surface area contributed by atoms with Gasteiger partial charge in [0.2, 0.25) is 0 Å². The number of halogens is 1. The molecule has 0 nitrogen and oxygen atoms in total. The van der Waals surface area contributed by atoms with Crippen molar-refractivity contribution in [2.45, 2.75) is 41.5 Å². The maximum absolute atomic E-state index is 3.85. The lowest BCUT2D eigenvalue weighted by Gasteiger charge is -2.20. The van der Waals surface area contributed by atoms with Crippen molar-refractivity contribution in [1.82, 2.24) is 0 Å². The highest BCUT2D eigenvalue weighted by molar-refractivity contribution is 9.10. The van der Waals surface area contributed by atoms with Crippen LogP contribution >= 0.6 is 24.1 Å². The molecule has 0 aromatic heterocycles. The highest BCUT2D eigenvalue weighted by Crippen LogP contribution is 2.37. The van der Waals surface area contributed by atoms with Crippen LogP contribution in [-0.2, 0) is 0 Å². The summed E-state index contributed by atoms with van der Waals surface area (Å²) in [6.45, 7) is 13.3. The van der Waals surface area contributed by atoms with E-state index in [9.17, 15) is 0 Å². The zero-order valence-electron chi connectivity index (χ0n) is 20.3. The molecular weight excluding hydrogens is 483 g/mol. The Bertz CT molecular complexity index is 1240. The molecule has 4 aromatic rings. The molecular formula is C31H30BrP. The van der Waals surface area contributed by atoms with E-state index in [1.807, 2.05) is 0 Å². The monoisotopic (exact) mass is 512 g/mol. The summed E-state index contributed by atoms with van der Waals surface area (Å²) in [6, 6.07) is 24.4. The molecule has 0 aliphatic carbocycles. The number of aryl methyl sites for hydroxylation is 6. The summed E-state index contributed by atoms with van der Waals surface area (Å²) in [5.41, 5.74) is 14.5. The topological polar surface area (TPSA) is 0 Å². The van der Waals surface area contributed by atoms with Crippen molar-refractivity contribution >= 4 is 35.2 Å². The van der Waals surface area contributed by atoms with Gasteiger partial charge in [-0.15, -0.1) is 0 Å². The van der Waals surface area contributed by atoms with Gasteiger partial charge in [-0.1, -0.05) is 89.9 Å². The van der Waals surface area contributed by atoms with E-state index in [0.29, 0.717) is 0 Å². The fraction of sp³-hybridized carbons (Fsp3) is 0.194. The largest absolute Gasteiger partial charge is 0.0665 e. The summed E-state index contributed by atoms with van der Waals surface area (Å²) in [6.07, 6.45) is 0. The third-order valence-electron chi connectivity index (χ3n) is 6.11. The van der Waals surface area contributed by atoms with Crippen molar-refractivity contribution in [3.05, 3.63) is 110 Å². The van der Waals surface area contributed by atoms with Crippen molar-refractivity contribution in [3.63, 3.8) is 0 Å². The van der Waals surface area contributed by atoms with E-state index in [4.69, 9.17) is 0 Å². The lowest BCUT2D eigenvalue weighted by atomic mass is 9.89. The molecule has 0 saturated carbocycles. The van der Waals surface area contributed by atoms with Gasteiger partial charge in [0.25, 0.3) is 0 Å². The normalized spacial score (nSPS) is 11.4. The minimum absolute atomic E-state index is 1.12. The molecule has 0 saturated heterocycles. The number of benzene rings is 4. The summed E-state index contributed by atoms with van der Waals surface area (Å²) in [5.74, 6) is 2.33. The molecule has 0 atom stereocenters. The van der Waals surface area contributed by atoms with Crippen LogP contribution in [0.3, 0.4) is 0 Å². The second-order valence-electron chi connectivity index (χ2n) is 9.07. The second-order valence-corrected chi connectivity index (χ2v) is 10.9. The lowest BCUT2D eigenvalue weighted by molar-refractivity contribution is 1.31. The Kier molecular flexibility index (Phi) is 7.03. The molecule has 0 aliphatic heterocycles. The maximum Gasteiger partial charge on any atom is 0.0188 e. The average molecular weight is 513 g/mol. The summed E-state index contributed by atoms with van der Waals surface area (Å²) >= 11 is 3.85. The molecule has 4 aromatic carbocycles. The fourth-order valence-corrected chi connectivity index (χ4v) is 6.55. The van der Waals surface area contributed by atoms with Crippen LogP contribution < -0.4 is 5.30 Å². The molecule has 0 heterocycles. The number of hydrogen-bond acceptors (Lipinski definition) is 0. The van der Waals surface area contributed by atoms with Crippen LogP contribution in [-0.4, -0.2) is 5.80 Å². The number of hydrogen-bond donors (Lipinski definition) is 0. The third kappa shape index (κ3) is 5.06. The molecule has 4 rings (SSSR count). The summed E-state index contributed by atoms with van der Waals surface area (Å²) in [7, 11) is 1.19. The molecule has 2 heteroatoms. The van der Waals surface area contributed by atoms with E-state index in [-0.39, 0.29) is 0 Å². The van der Waals surface area contributed by atoms with Gasteiger partial charge in [-0.05, 0) is 110 Å². The van der Waals surface area contributed by atoms with Gasteiger partial charge in [-0.25, -0.2) is 0 Å². The Labute approximate surface area is 208 Å². The first-order valence-electron chi connectivity index (χ1n) is 11.3. The number of rotatable bonds is 4. The highest BCUT2D eigenvalue weighted by atomic mass is 79.9. The predicted octanol–water partition coefficient (Wildman–Crippen LogP) is 9.06. The highest BCUT2D eigenvalue weighted by Gasteiger charge is 2.18. The maximum atomic E-state index is 3.85. The van der Waals surface area contributed by atoms with Gasteiger partial charge in [0.05, 0.1) is 0 Å². The van der Waals surface area contributed by atoms with Crippen molar-refractivity contribution in [1.29, 1.82) is 0 Å². The summed E-state index contributed by atoms with van der Waals surface area (Å²) in [4.78, 5) is 0. The zero-order chi connectivity index (χ0) is 23.7. The molecule has 0 radical (unpaired) electrons. The lowest BCUT2D eigenvalue weighted by Crippen LogP contribution is -2.08. The minimum Gasteiger partial charge on any atom is -0.0665 e. The van der Waals surface area contributed by atoms with Gasteiger partial charge in [-0.3, -0.25) is 0 Å². The van der Waals surface area contributed by atoms with Crippen molar-refractivity contribution in [3.8, 4) is 22.3 Å². The molecule has 0 aliphatic rings. The van der Waals surface area contributed by atoms with Crippen LogP contribution in [0.4, 0.5) is 0 Å². The molecule has 0 fully saturated rings. The van der Waals surface area contributed by atoms with E-state index in [0.717, 1.165) is 4.47 Å². The van der Waals surface area contributed by atoms with E-state index in [2.05, 4.69) is 130 Å². The van der Waals surface area contributed by atoms with Gasteiger partial charge in [-0.2, -0.15) is 0 Å². The van der Waals surface area contributed by atoms with Gasteiger partial charge in [0.1, 0.15) is 0 Å². The first-order valence-corrected chi connectivity index (χ1v) is 13.1. The Morgan fingerprint density at radius 1 is 0.606 bits per heavy atom. The van der Waals surface area contributed by atoms with Crippen LogP contribution in [0, 0.1) is 41.5 Å². The molecule has 0 unspecified atom stereocenters. The van der Waals surface area contributed by atoms with Gasteiger partial charge in [0, 0.05) is 9.78 Å².